The highest BCUT2D eigenvalue weighted by Crippen LogP contribution is 2.29. The Morgan fingerprint density at radius 2 is 1.65 bits per heavy atom. The highest BCUT2D eigenvalue weighted by atomic mass is 19.4. The molecule has 2 aromatic rings. The van der Waals surface area contributed by atoms with Crippen molar-refractivity contribution in [1.29, 1.82) is 0 Å². The maximum atomic E-state index is 12.9. The van der Waals surface area contributed by atoms with Crippen LogP contribution in [0.4, 0.5) is 17.6 Å². The van der Waals surface area contributed by atoms with Gasteiger partial charge in [-0.1, -0.05) is 6.07 Å². The second-order valence-electron chi connectivity index (χ2n) is 3.92. The van der Waals surface area contributed by atoms with Crippen molar-refractivity contribution < 1.29 is 27.1 Å². The van der Waals surface area contributed by atoms with Crippen molar-refractivity contribution in [3.05, 3.63) is 65.5 Å². The number of esters is 1. The number of alkyl halides is 3. The normalized spacial score (nSPS) is 11.2. The third-order valence-corrected chi connectivity index (χ3v) is 2.45. The van der Waals surface area contributed by atoms with Gasteiger partial charge < -0.3 is 4.74 Å². The Morgan fingerprint density at radius 1 is 1.00 bits per heavy atom. The van der Waals surface area contributed by atoms with Crippen LogP contribution in [0.5, 0.6) is 5.75 Å². The maximum Gasteiger partial charge on any atom is 0.416 e. The van der Waals surface area contributed by atoms with Crippen molar-refractivity contribution >= 4 is 5.97 Å². The molecule has 104 valence electrons. The van der Waals surface area contributed by atoms with Gasteiger partial charge in [0, 0.05) is 6.07 Å². The first-order valence-electron chi connectivity index (χ1n) is 5.51. The van der Waals surface area contributed by atoms with E-state index in [0.29, 0.717) is 0 Å². The number of halogens is 4. The predicted octanol–water partition coefficient (Wildman–Crippen LogP) is 4.06. The molecule has 0 aromatic heterocycles. The minimum Gasteiger partial charge on any atom is -0.423 e. The van der Waals surface area contributed by atoms with Gasteiger partial charge in [-0.25, -0.2) is 9.18 Å². The molecule has 0 saturated heterocycles. The van der Waals surface area contributed by atoms with Crippen LogP contribution in [0, 0.1) is 5.82 Å². The minimum atomic E-state index is -4.47. The first kappa shape index (κ1) is 14.0. The summed E-state index contributed by atoms with van der Waals surface area (Å²) in [4.78, 5) is 11.7. The van der Waals surface area contributed by atoms with Gasteiger partial charge in [0.05, 0.1) is 11.1 Å². The summed E-state index contributed by atoms with van der Waals surface area (Å²) in [6.45, 7) is 0. The molecule has 2 aromatic carbocycles. The summed E-state index contributed by atoms with van der Waals surface area (Å²) in [5, 5.41) is 0. The molecule has 2 nitrogen and oxygen atoms in total. The van der Waals surface area contributed by atoms with E-state index in [1.165, 1.54) is 18.2 Å². The van der Waals surface area contributed by atoms with E-state index in [-0.39, 0.29) is 11.3 Å². The Hall–Kier alpha value is -2.37. The third kappa shape index (κ3) is 3.34. The van der Waals surface area contributed by atoms with Crippen molar-refractivity contribution in [2.24, 2.45) is 0 Å². The molecule has 0 bridgehead atoms. The fraction of sp³-hybridized carbons (Fsp3) is 0.0714. The highest BCUT2D eigenvalue weighted by molar-refractivity contribution is 5.91. The SMILES string of the molecule is O=C(Oc1cccc(F)c1)c1ccc(C(F)(F)F)cc1. The van der Waals surface area contributed by atoms with Crippen LogP contribution < -0.4 is 4.74 Å². The second kappa shape index (κ2) is 5.32. The van der Waals surface area contributed by atoms with Gasteiger partial charge in [0.1, 0.15) is 11.6 Å². The van der Waals surface area contributed by atoms with Gasteiger partial charge in [0.25, 0.3) is 0 Å². The van der Waals surface area contributed by atoms with E-state index in [0.717, 1.165) is 30.3 Å². The van der Waals surface area contributed by atoms with Crippen LogP contribution in [-0.4, -0.2) is 5.97 Å². The number of benzene rings is 2. The van der Waals surface area contributed by atoms with Crippen molar-refractivity contribution in [1.82, 2.24) is 0 Å². The summed E-state index contributed by atoms with van der Waals surface area (Å²) in [5.41, 5.74) is -0.915. The Labute approximate surface area is 111 Å². The van der Waals surface area contributed by atoms with Crippen LogP contribution in [0.25, 0.3) is 0 Å². The molecule has 0 amide bonds. The van der Waals surface area contributed by atoms with E-state index < -0.39 is 23.5 Å². The number of carbonyl (C=O) groups excluding carboxylic acids is 1. The Bertz CT molecular complexity index is 618. The maximum absolute atomic E-state index is 12.9. The highest BCUT2D eigenvalue weighted by Gasteiger charge is 2.30. The van der Waals surface area contributed by atoms with Crippen LogP contribution in [0.3, 0.4) is 0 Å². The molecule has 0 radical (unpaired) electrons. The molecule has 20 heavy (non-hydrogen) atoms. The van der Waals surface area contributed by atoms with Gasteiger partial charge in [-0.15, -0.1) is 0 Å². The molecular weight excluding hydrogens is 276 g/mol. The molecule has 0 spiro atoms. The Balaban J connectivity index is 2.14. The summed E-state index contributed by atoms with van der Waals surface area (Å²) < 4.78 is 54.8. The van der Waals surface area contributed by atoms with E-state index >= 15 is 0 Å². The summed E-state index contributed by atoms with van der Waals surface area (Å²) in [7, 11) is 0. The molecule has 0 aliphatic heterocycles. The van der Waals surface area contributed by atoms with E-state index in [2.05, 4.69) is 0 Å². The molecular formula is C14H8F4O2. The van der Waals surface area contributed by atoms with Gasteiger partial charge in [-0.3, -0.25) is 0 Å². The molecule has 0 aliphatic carbocycles. The minimum absolute atomic E-state index is 0.0186. The van der Waals surface area contributed by atoms with E-state index in [9.17, 15) is 22.4 Å². The lowest BCUT2D eigenvalue weighted by molar-refractivity contribution is -0.137. The zero-order valence-electron chi connectivity index (χ0n) is 9.95. The van der Waals surface area contributed by atoms with Gasteiger partial charge in [0.2, 0.25) is 0 Å². The average molecular weight is 284 g/mol. The van der Waals surface area contributed by atoms with Crippen LogP contribution >= 0.6 is 0 Å². The van der Waals surface area contributed by atoms with Gasteiger partial charge in [-0.05, 0) is 36.4 Å². The summed E-state index contributed by atoms with van der Waals surface area (Å²) in [6.07, 6.45) is -4.47. The fourth-order valence-electron chi connectivity index (χ4n) is 1.49. The van der Waals surface area contributed by atoms with Crippen molar-refractivity contribution in [3.63, 3.8) is 0 Å². The largest absolute Gasteiger partial charge is 0.423 e. The summed E-state index contributed by atoms with van der Waals surface area (Å²) in [6, 6.07) is 8.46. The topological polar surface area (TPSA) is 26.3 Å². The zero-order valence-corrected chi connectivity index (χ0v) is 9.95. The van der Waals surface area contributed by atoms with Crippen LogP contribution in [0.15, 0.2) is 48.5 Å². The lowest BCUT2D eigenvalue weighted by Gasteiger charge is -2.07. The number of hydrogen-bond donors (Lipinski definition) is 0. The van der Waals surface area contributed by atoms with E-state index in [1.807, 2.05) is 0 Å². The first-order valence-corrected chi connectivity index (χ1v) is 5.51. The lowest BCUT2D eigenvalue weighted by atomic mass is 10.1. The Kier molecular flexibility index (Phi) is 3.74. The monoisotopic (exact) mass is 284 g/mol. The molecule has 6 heteroatoms. The molecule has 2 rings (SSSR count). The van der Waals surface area contributed by atoms with E-state index in [4.69, 9.17) is 4.74 Å². The first-order chi connectivity index (χ1) is 9.36. The molecule has 0 heterocycles. The number of hydrogen-bond acceptors (Lipinski definition) is 2. The third-order valence-electron chi connectivity index (χ3n) is 2.45. The summed E-state index contributed by atoms with van der Waals surface area (Å²) >= 11 is 0. The van der Waals surface area contributed by atoms with Crippen LogP contribution in [-0.2, 0) is 6.18 Å². The molecule has 0 saturated carbocycles. The smallest absolute Gasteiger partial charge is 0.416 e. The van der Waals surface area contributed by atoms with Gasteiger partial charge in [0.15, 0.2) is 0 Å². The van der Waals surface area contributed by atoms with Gasteiger partial charge in [-0.2, -0.15) is 13.2 Å². The fourth-order valence-corrected chi connectivity index (χ4v) is 1.49. The number of carbonyl (C=O) groups is 1. The van der Waals surface area contributed by atoms with Crippen LogP contribution in [0.2, 0.25) is 0 Å². The van der Waals surface area contributed by atoms with Crippen LogP contribution in [0.1, 0.15) is 15.9 Å². The van der Waals surface area contributed by atoms with Crippen molar-refractivity contribution in [2.75, 3.05) is 0 Å². The van der Waals surface area contributed by atoms with Crippen molar-refractivity contribution in [3.8, 4) is 5.75 Å². The zero-order chi connectivity index (χ0) is 14.8. The molecule has 0 N–H and O–H groups in total. The standard InChI is InChI=1S/C14H8F4O2/c15-11-2-1-3-12(8-11)20-13(19)9-4-6-10(7-5-9)14(16,17)18/h1-8H. The quantitative estimate of drug-likeness (QED) is 0.472. The average Bonchev–Trinajstić information content (AvgIpc) is 2.38. The van der Waals surface area contributed by atoms with E-state index in [1.54, 1.807) is 0 Å². The van der Waals surface area contributed by atoms with Crippen molar-refractivity contribution in [2.45, 2.75) is 6.18 Å². The number of ether oxygens (including phenoxy) is 1. The second-order valence-corrected chi connectivity index (χ2v) is 3.92. The molecule has 0 unspecified atom stereocenters. The van der Waals surface area contributed by atoms with Gasteiger partial charge >= 0.3 is 12.1 Å². The predicted molar refractivity (Wildman–Crippen MR) is 62.8 cm³/mol. The number of rotatable bonds is 2. The lowest BCUT2D eigenvalue weighted by Crippen LogP contribution is -2.10. The Morgan fingerprint density at radius 3 is 2.20 bits per heavy atom. The molecule has 0 atom stereocenters. The summed E-state index contributed by atoms with van der Waals surface area (Å²) in [5.74, 6) is -1.46. The molecule has 0 fully saturated rings. The molecule has 0 aliphatic rings.